The Morgan fingerprint density at radius 1 is 1.26 bits per heavy atom. The molecule has 1 fully saturated rings. The molecule has 1 saturated heterocycles. The lowest BCUT2D eigenvalue weighted by Gasteiger charge is -2.31. The molecule has 27 heavy (non-hydrogen) atoms. The van der Waals surface area contributed by atoms with Crippen molar-refractivity contribution in [1.29, 1.82) is 0 Å². The van der Waals surface area contributed by atoms with E-state index in [2.05, 4.69) is 10.7 Å². The molecule has 9 heteroatoms. The number of fused-ring (bicyclic) bond motifs is 1. The van der Waals surface area contributed by atoms with E-state index >= 15 is 0 Å². The third-order valence-electron chi connectivity index (χ3n) is 4.51. The zero-order valence-electron chi connectivity index (χ0n) is 14.4. The van der Waals surface area contributed by atoms with E-state index in [1.165, 1.54) is 12.1 Å². The van der Waals surface area contributed by atoms with Crippen molar-refractivity contribution < 1.29 is 19.5 Å². The van der Waals surface area contributed by atoms with Crippen LogP contribution in [0.1, 0.15) is 10.4 Å². The van der Waals surface area contributed by atoms with E-state index in [0.717, 1.165) is 5.69 Å². The summed E-state index contributed by atoms with van der Waals surface area (Å²) in [7, 11) is 0. The van der Waals surface area contributed by atoms with Gasteiger partial charge in [0.25, 0.3) is 11.8 Å². The Balaban J connectivity index is 1.53. The van der Waals surface area contributed by atoms with E-state index < -0.39 is 5.91 Å². The molecule has 4 N–H and O–H groups in total. The third-order valence-corrected chi connectivity index (χ3v) is 4.51. The largest absolute Gasteiger partial charge is 0.482 e. The first-order chi connectivity index (χ1) is 13.2. The Morgan fingerprint density at radius 2 is 2.07 bits per heavy atom. The molecule has 2 aromatic rings. The minimum absolute atomic E-state index is 0.0618. The molecule has 140 valence electrons. The molecule has 2 aliphatic heterocycles. The van der Waals surface area contributed by atoms with Crippen LogP contribution in [0.25, 0.3) is 0 Å². The molecule has 0 saturated carbocycles. The Kier molecular flexibility index (Phi) is 4.63. The molecule has 9 nitrogen and oxygen atoms in total. The minimum atomic E-state index is -0.650. The van der Waals surface area contributed by atoms with Gasteiger partial charge in [0.2, 0.25) is 0 Å². The van der Waals surface area contributed by atoms with Crippen LogP contribution in [-0.4, -0.2) is 43.0 Å². The molecular weight excluding hydrogens is 350 g/mol. The van der Waals surface area contributed by atoms with Crippen molar-refractivity contribution in [3.05, 3.63) is 54.1 Å². The number of benzene rings is 2. The lowest BCUT2D eigenvalue weighted by Crippen LogP contribution is -2.50. The van der Waals surface area contributed by atoms with E-state index in [4.69, 9.17) is 9.94 Å². The molecule has 4 rings (SSSR count). The Labute approximate surface area is 155 Å². The van der Waals surface area contributed by atoms with Gasteiger partial charge in [-0.15, -0.1) is 0 Å². The van der Waals surface area contributed by atoms with E-state index in [1.54, 1.807) is 16.4 Å². The van der Waals surface area contributed by atoms with Crippen LogP contribution in [0.15, 0.2) is 48.5 Å². The van der Waals surface area contributed by atoms with Gasteiger partial charge in [-0.25, -0.2) is 10.9 Å². The van der Waals surface area contributed by atoms with Gasteiger partial charge in [-0.2, -0.15) is 0 Å². The highest BCUT2D eigenvalue weighted by Crippen LogP contribution is 2.33. The number of para-hydroxylation sites is 1. The van der Waals surface area contributed by atoms with Gasteiger partial charge in [0.15, 0.2) is 6.61 Å². The fourth-order valence-corrected chi connectivity index (χ4v) is 3.15. The zero-order chi connectivity index (χ0) is 18.8. The summed E-state index contributed by atoms with van der Waals surface area (Å²) < 4.78 is 5.45. The van der Waals surface area contributed by atoms with Crippen LogP contribution in [0.3, 0.4) is 0 Å². The Morgan fingerprint density at radius 3 is 2.85 bits per heavy atom. The molecule has 0 bridgehead atoms. The Hall–Kier alpha value is -3.14. The van der Waals surface area contributed by atoms with Gasteiger partial charge < -0.3 is 9.64 Å². The number of nitrogens with one attached hydrogen (secondary N) is 3. The summed E-state index contributed by atoms with van der Waals surface area (Å²) in [5.74, 6) is -0.337. The quantitative estimate of drug-likeness (QED) is 0.457. The van der Waals surface area contributed by atoms with Crippen molar-refractivity contribution in [2.75, 3.05) is 29.7 Å². The number of hydrogen-bond acceptors (Lipinski definition) is 7. The molecule has 2 amide bonds. The van der Waals surface area contributed by atoms with Gasteiger partial charge in [0.1, 0.15) is 5.75 Å². The fourth-order valence-electron chi connectivity index (χ4n) is 3.15. The predicted molar refractivity (Wildman–Crippen MR) is 97.4 cm³/mol. The maximum absolute atomic E-state index is 12.4. The highest BCUT2D eigenvalue weighted by molar-refractivity contribution is 6.01. The van der Waals surface area contributed by atoms with Gasteiger partial charge in [-0.1, -0.05) is 18.2 Å². The summed E-state index contributed by atoms with van der Waals surface area (Å²) in [6.07, 6.45) is -0.171. The third kappa shape index (κ3) is 3.43. The molecule has 0 spiro atoms. The second kappa shape index (κ2) is 7.23. The molecule has 0 radical (unpaired) electrons. The number of amides is 2. The topological polar surface area (TPSA) is 106 Å². The number of hydrogen-bond donors (Lipinski definition) is 4. The van der Waals surface area contributed by atoms with Crippen LogP contribution in [0.2, 0.25) is 0 Å². The second-order valence-corrected chi connectivity index (χ2v) is 6.22. The summed E-state index contributed by atoms with van der Waals surface area (Å²) in [5, 5.41) is 14.1. The monoisotopic (exact) mass is 369 g/mol. The molecule has 1 atom stereocenters. The summed E-state index contributed by atoms with van der Waals surface area (Å²) in [5.41, 5.74) is 6.66. The van der Waals surface area contributed by atoms with Gasteiger partial charge in [-0.05, 0) is 30.3 Å². The van der Waals surface area contributed by atoms with Gasteiger partial charge >= 0.3 is 0 Å². The highest BCUT2D eigenvalue weighted by Gasteiger charge is 2.31. The number of ether oxygens (including phenoxy) is 1. The lowest BCUT2D eigenvalue weighted by atomic mass is 10.1. The van der Waals surface area contributed by atoms with Crippen LogP contribution in [0, 0.1) is 0 Å². The number of anilines is 2. The van der Waals surface area contributed by atoms with Gasteiger partial charge in [0.05, 0.1) is 30.8 Å². The number of carbonyl (C=O) groups is 2. The fraction of sp³-hybridized carbons (Fsp3) is 0.222. The van der Waals surface area contributed by atoms with E-state index in [1.807, 2.05) is 35.3 Å². The molecule has 1 unspecified atom stereocenters. The smallest absolute Gasteiger partial charge is 0.274 e. The first kappa shape index (κ1) is 17.3. The van der Waals surface area contributed by atoms with Crippen molar-refractivity contribution in [2.24, 2.45) is 0 Å². The van der Waals surface area contributed by atoms with Gasteiger partial charge in [0, 0.05) is 5.56 Å². The van der Waals surface area contributed by atoms with Crippen LogP contribution in [0.4, 0.5) is 11.4 Å². The molecule has 2 aromatic carbocycles. The van der Waals surface area contributed by atoms with Crippen LogP contribution in [0.5, 0.6) is 5.75 Å². The maximum Gasteiger partial charge on any atom is 0.274 e. The van der Waals surface area contributed by atoms with Crippen molar-refractivity contribution in [3.8, 4) is 5.75 Å². The number of nitrogens with zero attached hydrogens (tertiary/aromatic N) is 2. The van der Waals surface area contributed by atoms with Crippen LogP contribution < -0.4 is 30.9 Å². The average Bonchev–Trinajstić information content (AvgIpc) is 3.18. The van der Waals surface area contributed by atoms with Crippen molar-refractivity contribution in [3.63, 3.8) is 0 Å². The summed E-state index contributed by atoms with van der Waals surface area (Å²) >= 11 is 0. The number of hydroxylamine groups is 1. The van der Waals surface area contributed by atoms with Crippen LogP contribution >= 0.6 is 0 Å². The summed E-state index contributed by atoms with van der Waals surface area (Å²) in [6, 6.07) is 14.5. The molecule has 2 heterocycles. The van der Waals surface area contributed by atoms with Crippen molar-refractivity contribution in [2.45, 2.75) is 6.17 Å². The van der Waals surface area contributed by atoms with E-state index in [9.17, 15) is 9.59 Å². The number of rotatable bonds is 4. The highest BCUT2D eigenvalue weighted by atomic mass is 16.5. The molecular formula is C18H19N5O4. The van der Waals surface area contributed by atoms with Crippen molar-refractivity contribution in [1.82, 2.24) is 16.2 Å². The lowest BCUT2D eigenvalue weighted by molar-refractivity contribution is -0.121. The predicted octanol–water partition coefficient (Wildman–Crippen LogP) is 0.429. The molecule has 0 aromatic heterocycles. The molecule has 0 aliphatic carbocycles. The summed E-state index contributed by atoms with van der Waals surface area (Å²) in [6.45, 7) is 0.878. The van der Waals surface area contributed by atoms with E-state index in [-0.39, 0.29) is 24.2 Å². The minimum Gasteiger partial charge on any atom is -0.482 e. The normalized spacial score (nSPS) is 18.9. The maximum atomic E-state index is 12.4. The first-order valence-electron chi connectivity index (χ1n) is 8.49. The van der Waals surface area contributed by atoms with Gasteiger partial charge in [-0.3, -0.25) is 25.1 Å². The number of hydrazine groups is 1. The van der Waals surface area contributed by atoms with Crippen LogP contribution in [-0.2, 0) is 4.79 Å². The standard InChI is InChI=1S/C18H19N5O4/c24-17-10-27-15-7-6-12(18(25)21-26)8-14(15)22(17)9-16-19-11-23(20-16)13-4-2-1-3-5-13/h1-8,16,19-20,26H,9-11H2,(H,21,25). The average molecular weight is 369 g/mol. The molecule has 2 aliphatic rings. The summed E-state index contributed by atoms with van der Waals surface area (Å²) in [4.78, 5) is 25.7. The zero-order valence-corrected chi connectivity index (χ0v) is 14.4. The number of carbonyl (C=O) groups excluding carboxylic acids is 2. The SMILES string of the molecule is O=C(NO)c1ccc2c(c1)N(CC1NCN(c3ccccc3)N1)C(=O)CO2. The van der Waals surface area contributed by atoms with Crippen molar-refractivity contribution >= 4 is 23.2 Å². The first-order valence-corrected chi connectivity index (χ1v) is 8.49. The van der Waals surface area contributed by atoms with E-state index in [0.29, 0.717) is 24.7 Å². The second-order valence-electron chi connectivity index (χ2n) is 6.22. The Bertz CT molecular complexity index is 860.